The summed E-state index contributed by atoms with van der Waals surface area (Å²) < 4.78 is 18.6. The number of anilines is 2. The quantitative estimate of drug-likeness (QED) is 0.0163. The molecule has 5 heterocycles. The van der Waals surface area contributed by atoms with Crippen LogP contribution in [0.5, 0.6) is 11.5 Å². The average molecular weight is 1220 g/mol. The fraction of sp³-hybridized carbons (Fsp3) is 0.459. The lowest BCUT2D eigenvalue weighted by Gasteiger charge is -2.25. The molecule has 3 atom stereocenters. The van der Waals surface area contributed by atoms with E-state index < -0.39 is 42.1 Å². The summed E-state index contributed by atoms with van der Waals surface area (Å²) in [5.41, 5.74) is 8.94. The maximum Gasteiger partial charge on any atom is 0.415 e. The van der Waals surface area contributed by atoms with Gasteiger partial charge in [0.15, 0.2) is 0 Å². The second-order valence-corrected chi connectivity index (χ2v) is 23.8. The number of likely N-dealkylation sites (N-methyl/N-ethyl adjacent to an activating group) is 2. The third-order valence-electron chi connectivity index (χ3n) is 15.4. The summed E-state index contributed by atoms with van der Waals surface area (Å²) in [5.74, 6) is -1.71. The van der Waals surface area contributed by atoms with Gasteiger partial charge in [-0.1, -0.05) is 32.4 Å². The van der Waals surface area contributed by atoms with Crippen LogP contribution >= 0.6 is 22.9 Å². The van der Waals surface area contributed by atoms with Crippen LogP contribution < -0.4 is 41.4 Å². The molecule has 1 unspecified atom stereocenters. The number of benzene rings is 3. The number of amides is 10. The number of aromatic nitrogens is 1. The SMILES string of the molecule is Cc1cc2c(OC(=O)N(C)CCN(C)C(=O)OCc3ccc(NC(=O)[C@H](CCCNC(N)=O)NC(=O)C(NC(=O)CCCCCN4C(=O)C=CC4=O)C(C)C)cc3)cc3c(c2s1)[C@@H](CCl)CN3C(=O)c1cc2cc(OCCN3CCCC3)ccc2[nH]1. The zero-order valence-electron chi connectivity index (χ0n) is 49.2. The van der Waals surface area contributed by atoms with Gasteiger partial charge in [0.2, 0.25) is 17.7 Å². The van der Waals surface area contributed by atoms with Crippen LogP contribution in [0, 0.1) is 12.8 Å². The largest absolute Gasteiger partial charge is 0.492 e. The number of H-pyrrole nitrogens is 1. The van der Waals surface area contributed by atoms with Crippen molar-refractivity contribution < 1.29 is 57.4 Å². The van der Waals surface area contributed by atoms with Gasteiger partial charge in [0.25, 0.3) is 17.7 Å². The second-order valence-electron chi connectivity index (χ2n) is 22.2. The van der Waals surface area contributed by atoms with Crippen molar-refractivity contribution in [2.45, 2.75) is 96.7 Å². The lowest BCUT2D eigenvalue weighted by Crippen LogP contribution is -2.54. The number of carbonyl (C=O) groups is 9. The van der Waals surface area contributed by atoms with Gasteiger partial charge in [-0.15, -0.1) is 22.9 Å². The van der Waals surface area contributed by atoms with E-state index in [0.29, 0.717) is 55.0 Å². The topological polar surface area (TPSA) is 287 Å². The van der Waals surface area contributed by atoms with Crippen molar-refractivity contribution in [1.29, 1.82) is 0 Å². The number of aromatic amines is 1. The Labute approximate surface area is 508 Å². The summed E-state index contributed by atoms with van der Waals surface area (Å²) in [6.45, 7) is 9.91. The molecule has 1 fully saturated rings. The number of fused-ring (bicyclic) bond motifs is 4. The molecule has 0 aliphatic carbocycles. The fourth-order valence-electron chi connectivity index (χ4n) is 10.5. The number of halogens is 1. The number of hydrogen-bond donors (Lipinski definition) is 6. The van der Waals surface area contributed by atoms with Crippen LogP contribution in [0.15, 0.2) is 72.8 Å². The van der Waals surface area contributed by atoms with Crippen LogP contribution in [0.25, 0.3) is 21.0 Å². The normalized spacial score (nSPS) is 15.5. The highest BCUT2D eigenvalue weighted by Crippen LogP contribution is 2.49. The number of nitrogens with one attached hydrogen (secondary N) is 5. The molecule has 7 N–H and O–H groups in total. The molecule has 25 heteroatoms. The number of rotatable bonds is 28. The Balaban J connectivity index is 0.811. The zero-order valence-corrected chi connectivity index (χ0v) is 50.7. The maximum absolute atomic E-state index is 14.4. The van der Waals surface area contributed by atoms with Gasteiger partial charge in [-0.2, -0.15) is 0 Å². The van der Waals surface area contributed by atoms with Crippen LogP contribution in [0.1, 0.15) is 97.6 Å². The molecular formula is C61H76ClN11O12S. The Kier molecular flexibility index (Phi) is 22.1. The van der Waals surface area contributed by atoms with E-state index >= 15 is 0 Å². The Morgan fingerprint density at radius 2 is 1.57 bits per heavy atom. The highest BCUT2D eigenvalue weighted by molar-refractivity contribution is 7.19. The van der Waals surface area contributed by atoms with Gasteiger partial charge in [-0.3, -0.25) is 38.6 Å². The Morgan fingerprint density at radius 3 is 2.27 bits per heavy atom. The smallest absolute Gasteiger partial charge is 0.415 e. The molecule has 1 saturated heterocycles. The summed E-state index contributed by atoms with van der Waals surface area (Å²) in [6, 6.07) is 15.0. The third kappa shape index (κ3) is 16.6. The number of nitrogens with two attached hydrogens (primary N) is 1. The van der Waals surface area contributed by atoms with Crippen molar-refractivity contribution in [1.82, 2.24) is 40.5 Å². The Bertz CT molecular complexity index is 3320. The lowest BCUT2D eigenvalue weighted by molar-refractivity contribution is -0.137. The van der Waals surface area contributed by atoms with Gasteiger partial charge in [-0.25, -0.2) is 14.4 Å². The number of unbranched alkanes of at least 4 members (excludes halogenated alkanes) is 2. The highest BCUT2D eigenvalue weighted by Gasteiger charge is 2.37. The third-order valence-corrected chi connectivity index (χ3v) is 16.8. The lowest BCUT2D eigenvalue weighted by atomic mass is 10.0. The van der Waals surface area contributed by atoms with E-state index in [1.165, 1.54) is 41.8 Å². The van der Waals surface area contributed by atoms with Gasteiger partial charge >= 0.3 is 18.2 Å². The number of primary amides is 1. The van der Waals surface area contributed by atoms with E-state index in [1.54, 1.807) is 67.5 Å². The molecule has 3 aromatic carbocycles. The molecule has 3 aliphatic heterocycles. The number of likely N-dealkylation sites (tertiary alicyclic amines) is 1. The van der Waals surface area contributed by atoms with Gasteiger partial charge in [-0.05, 0) is 112 Å². The van der Waals surface area contributed by atoms with Crippen molar-refractivity contribution in [3.8, 4) is 11.5 Å². The van der Waals surface area contributed by atoms with Crippen molar-refractivity contribution in [3.63, 3.8) is 0 Å². The van der Waals surface area contributed by atoms with Gasteiger partial charge in [0, 0.05) is 127 Å². The first kappa shape index (κ1) is 63.8. The molecule has 2 aromatic heterocycles. The van der Waals surface area contributed by atoms with Crippen molar-refractivity contribution in [3.05, 3.63) is 94.5 Å². The summed E-state index contributed by atoms with van der Waals surface area (Å²) in [5, 5.41) is 12.4. The van der Waals surface area contributed by atoms with E-state index in [2.05, 4.69) is 31.2 Å². The second kappa shape index (κ2) is 29.7. The molecular weight excluding hydrogens is 1150 g/mol. The summed E-state index contributed by atoms with van der Waals surface area (Å²) >= 11 is 8.14. The first-order chi connectivity index (χ1) is 41.3. The van der Waals surface area contributed by atoms with E-state index in [9.17, 15) is 43.2 Å². The zero-order chi connectivity index (χ0) is 61.6. The number of hydrogen-bond acceptors (Lipinski definition) is 14. The number of carbonyl (C=O) groups excluding carboxylic acids is 9. The molecule has 0 saturated carbocycles. The molecule has 3 aliphatic rings. The van der Waals surface area contributed by atoms with E-state index in [4.69, 9.17) is 31.5 Å². The molecule has 5 aromatic rings. The predicted molar refractivity (Wildman–Crippen MR) is 328 cm³/mol. The molecule has 0 bridgehead atoms. The van der Waals surface area contributed by atoms with Gasteiger partial charge < -0.3 is 60.9 Å². The molecule has 23 nitrogen and oxygen atoms in total. The molecule has 86 heavy (non-hydrogen) atoms. The molecule has 8 rings (SSSR count). The van der Waals surface area contributed by atoms with Crippen LogP contribution in [-0.2, 0) is 35.3 Å². The van der Waals surface area contributed by atoms with Crippen LogP contribution in [0.2, 0.25) is 0 Å². The minimum atomic E-state index is -1.08. The summed E-state index contributed by atoms with van der Waals surface area (Å²) in [6.07, 6.45) is 5.60. The number of ether oxygens (including phenoxy) is 3. The first-order valence-corrected chi connectivity index (χ1v) is 30.4. The number of thiophene rings is 1. The monoisotopic (exact) mass is 1220 g/mol. The molecule has 0 spiro atoms. The van der Waals surface area contributed by atoms with Gasteiger partial charge in [0.1, 0.15) is 42.5 Å². The van der Waals surface area contributed by atoms with Crippen molar-refractivity contribution >= 4 is 109 Å². The number of alkyl halides is 1. The fourth-order valence-corrected chi connectivity index (χ4v) is 11.9. The van der Waals surface area contributed by atoms with Crippen molar-refractivity contribution in [2.24, 2.45) is 11.7 Å². The van der Waals surface area contributed by atoms with Crippen LogP contribution in [-0.4, -0.2) is 169 Å². The van der Waals surface area contributed by atoms with E-state index in [-0.39, 0.29) is 99.1 Å². The predicted octanol–water partition coefficient (Wildman–Crippen LogP) is 7.35. The van der Waals surface area contributed by atoms with Crippen LogP contribution in [0.4, 0.5) is 25.8 Å². The number of aryl methyl sites for hydroxylation is 1. The Hall–Kier alpha value is -8.22. The average Bonchev–Trinajstić information content (AvgIpc) is 1.69. The number of urea groups is 1. The molecule has 0 radical (unpaired) electrons. The van der Waals surface area contributed by atoms with Gasteiger partial charge in [0.05, 0.1) is 5.69 Å². The van der Waals surface area contributed by atoms with E-state index in [0.717, 1.165) is 61.7 Å². The highest BCUT2D eigenvalue weighted by atomic mass is 35.5. The summed E-state index contributed by atoms with van der Waals surface area (Å²) in [4.78, 5) is 129. The maximum atomic E-state index is 14.4. The van der Waals surface area contributed by atoms with Crippen LogP contribution in [0.3, 0.4) is 0 Å². The summed E-state index contributed by atoms with van der Waals surface area (Å²) in [7, 11) is 3.10. The minimum Gasteiger partial charge on any atom is -0.492 e. The van der Waals surface area contributed by atoms with E-state index in [1.807, 2.05) is 37.3 Å². The number of imide groups is 1. The minimum absolute atomic E-state index is 0.0879. The molecule has 460 valence electrons. The standard InChI is InChI=1S/C61H76ClN11O12S/c1-37(2)54(68-50(74)13-7-6-8-25-72-51(75)20-21-52(72)76)57(78)67-46(12-11-22-64-59(63)80)56(77)65-42-16-14-39(15-17-42)36-84-60(81)69(4)26-27-70(5)61(82)85-49-33-48-53(55-44(49)30-38(3)86-55)41(34-62)35-73(48)58(79)47-32-40-31-43(18-19-45(40)66-47)83-29-28-71-23-9-10-24-71/h14-21,30-33,37,41,46,54,66H,6-13,22-29,34-36H2,1-5H3,(H,65,77)(H,67,78)(H,68,74)(H3,63,64,80)/t41-,46-,54?/m0/s1. The number of nitrogens with zero attached hydrogens (tertiary/aromatic N) is 5. The molecule has 10 amide bonds. The van der Waals surface area contributed by atoms with Crippen molar-refractivity contribution in [2.75, 3.05) is 89.2 Å². The first-order valence-electron chi connectivity index (χ1n) is 29.1. The Morgan fingerprint density at radius 1 is 0.849 bits per heavy atom.